The molecule has 0 atom stereocenters. The number of nitrogens with zero attached hydrogens (tertiary/aromatic N) is 2. The monoisotopic (exact) mass is 291 g/mol. The summed E-state index contributed by atoms with van der Waals surface area (Å²) in [6.07, 6.45) is 4.12. The number of hydrogen-bond donors (Lipinski definition) is 0. The maximum absolute atomic E-state index is 11.5. The summed E-state index contributed by atoms with van der Waals surface area (Å²) in [5, 5.41) is 0.726. The smallest absolute Gasteiger partial charge is 0.348 e. The molecule has 0 unspecified atom stereocenters. The van der Waals surface area contributed by atoms with E-state index in [2.05, 4.69) is 4.57 Å². The Labute approximate surface area is 122 Å². The van der Waals surface area contributed by atoms with Crippen LogP contribution in [-0.4, -0.2) is 17.6 Å². The molecule has 0 bridgehead atoms. The third-order valence-corrected chi connectivity index (χ3v) is 3.91. The minimum absolute atomic E-state index is 0.224. The average Bonchev–Trinajstić information content (AvgIpc) is 3.03. The Morgan fingerprint density at radius 1 is 1.40 bits per heavy atom. The van der Waals surface area contributed by atoms with Crippen molar-refractivity contribution in [3.63, 3.8) is 0 Å². The topological polar surface area (TPSA) is 35.1 Å². The van der Waals surface area contributed by atoms with Gasteiger partial charge in [0.15, 0.2) is 12.2 Å². The second kappa shape index (κ2) is 5.29. The van der Waals surface area contributed by atoms with Gasteiger partial charge in [-0.3, -0.25) is 0 Å². The Morgan fingerprint density at radius 3 is 2.85 bits per heavy atom. The third-order valence-electron chi connectivity index (χ3n) is 3.66. The van der Waals surface area contributed by atoms with E-state index in [1.165, 1.54) is 12.9 Å². The Morgan fingerprint density at radius 2 is 2.15 bits per heavy atom. The van der Waals surface area contributed by atoms with E-state index in [-0.39, 0.29) is 12.5 Å². The van der Waals surface area contributed by atoms with Gasteiger partial charge in [0.25, 0.3) is 5.82 Å². The number of ether oxygens (including phenoxy) is 1. The highest BCUT2D eigenvalue weighted by atomic mass is 35.5. The van der Waals surface area contributed by atoms with Crippen LogP contribution in [0.2, 0.25) is 5.02 Å². The molecule has 0 N–H and O–H groups in total. The highest BCUT2D eigenvalue weighted by Gasteiger charge is 2.29. The lowest BCUT2D eigenvalue weighted by Crippen LogP contribution is -2.40. The van der Waals surface area contributed by atoms with Crippen molar-refractivity contribution in [1.82, 2.24) is 4.57 Å². The van der Waals surface area contributed by atoms with Crippen molar-refractivity contribution in [1.29, 1.82) is 0 Å². The number of hydrogen-bond acceptors (Lipinski definition) is 2. The van der Waals surface area contributed by atoms with E-state index in [4.69, 9.17) is 16.3 Å². The Hall–Kier alpha value is -1.81. The van der Waals surface area contributed by atoms with E-state index in [0.717, 1.165) is 35.7 Å². The molecule has 0 radical (unpaired) electrons. The van der Waals surface area contributed by atoms with Crippen LogP contribution in [0.4, 0.5) is 0 Å². The zero-order valence-electron chi connectivity index (χ0n) is 11.3. The fourth-order valence-corrected chi connectivity index (χ4v) is 2.83. The van der Waals surface area contributed by atoms with Crippen LogP contribution in [-0.2, 0) is 29.0 Å². The van der Waals surface area contributed by atoms with Crippen LogP contribution in [0, 0.1) is 0 Å². The summed E-state index contributed by atoms with van der Waals surface area (Å²) in [7, 11) is 1.42. The van der Waals surface area contributed by atoms with Crippen LogP contribution in [0.25, 0.3) is 11.3 Å². The molecule has 0 fully saturated rings. The SMILES string of the molecule is COC(=O)C[n+]1cc(-c2ccc(Cl)cc2)n2c1CCC2. The number of esters is 1. The van der Waals surface area contributed by atoms with Gasteiger partial charge in [0.1, 0.15) is 6.20 Å². The van der Waals surface area contributed by atoms with Gasteiger partial charge in [-0.15, -0.1) is 0 Å². The lowest BCUT2D eigenvalue weighted by molar-refractivity contribution is -0.691. The maximum Gasteiger partial charge on any atom is 0.348 e. The van der Waals surface area contributed by atoms with Gasteiger partial charge in [0.2, 0.25) is 0 Å². The number of aromatic nitrogens is 2. The number of fused-ring (bicyclic) bond motifs is 1. The molecule has 104 valence electrons. The van der Waals surface area contributed by atoms with Gasteiger partial charge in [-0.1, -0.05) is 11.6 Å². The largest absolute Gasteiger partial charge is 0.466 e. The first-order valence-corrected chi connectivity index (χ1v) is 7.01. The highest BCUT2D eigenvalue weighted by Crippen LogP contribution is 2.25. The maximum atomic E-state index is 11.5. The minimum atomic E-state index is -0.224. The summed E-state index contributed by atoms with van der Waals surface area (Å²) in [6, 6.07) is 7.78. The van der Waals surface area contributed by atoms with Crippen LogP contribution in [0.1, 0.15) is 12.2 Å². The van der Waals surface area contributed by atoms with Crippen molar-refractivity contribution in [2.24, 2.45) is 0 Å². The quantitative estimate of drug-likeness (QED) is 0.642. The van der Waals surface area contributed by atoms with Crippen molar-refractivity contribution >= 4 is 17.6 Å². The molecule has 4 nitrogen and oxygen atoms in total. The van der Waals surface area contributed by atoms with E-state index in [9.17, 15) is 4.79 Å². The standard InChI is InChI=1S/C15H16ClN2O2/c1-20-15(19)10-17-9-13(18-8-2-3-14(17)18)11-4-6-12(16)7-5-11/h4-7,9H,2-3,8,10H2,1H3/q+1. The Balaban J connectivity index is 2.02. The summed E-state index contributed by atoms with van der Waals surface area (Å²) < 4.78 is 9.02. The number of imidazole rings is 1. The predicted molar refractivity (Wildman–Crippen MR) is 75.4 cm³/mol. The second-order valence-corrected chi connectivity index (χ2v) is 5.33. The summed E-state index contributed by atoms with van der Waals surface area (Å²) in [6.45, 7) is 1.25. The number of benzene rings is 1. The van der Waals surface area contributed by atoms with Gasteiger partial charge in [0.05, 0.1) is 20.1 Å². The third kappa shape index (κ3) is 2.31. The van der Waals surface area contributed by atoms with E-state index >= 15 is 0 Å². The van der Waals surface area contributed by atoms with E-state index in [1.807, 2.05) is 35.0 Å². The first-order valence-electron chi connectivity index (χ1n) is 6.63. The zero-order chi connectivity index (χ0) is 14.1. The van der Waals surface area contributed by atoms with E-state index in [0.29, 0.717) is 0 Å². The average molecular weight is 292 g/mol. The molecule has 2 aromatic rings. The first-order chi connectivity index (χ1) is 9.69. The number of rotatable bonds is 3. The summed E-state index contributed by atoms with van der Waals surface area (Å²) >= 11 is 5.94. The summed E-state index contributed by atoms with van der Waals surface area (Å²) in [5.41, 5.74) is 2.24. The van der Waals surface area contributed by atoms with Crippen molar-refractivity contribution in [3.8, 4) is 11.3 Å². The number of halogens is 1. The van der Waals surface area contributed by atoms with Gasteiger partial charge in [-0.2, -0.15) is 0 Å². The van der Waals surface area contributed by atoms with Gasteiger partial charge in [-0.25, -0.2) is 13.9 Å². The molecule has 0 aliphatic carbocycles. The van der Waals surface area contributed by atoms with Crippen LogP contribution < -0.4 is 4.57 Å². The lowest BCUT2D eigenvalue weighted by Gasteiger charge is -1.98. The second-order valence-electron chi connectivity index (χ2n) is 4.90. The molecule has 0 saturated carbocycles. The van der Waals surface area contributed by atoms with Crippen LogP contribution in [0.15, 0.2) is 30.5 Å². The summed E-state index contributed by atoms with van der Waals surface area (Å²) in [5.74, 6) is 0.957. The molecule has 0 spiro atoms. The molecule has 1 aromatic carbocycles. The number of carbonyl (C=O) groups excluding carboxylic acids is 1. The molecule has 3 rings (SSSR count). The van der Waals surface area contributed by atoms with Crippen molar-refractivity contribution in [2.75, 3.05) is 7.11 Å². The van der Waals surface area contributed by atoms with Crippen molar-refractivity contribution in [2.45, 2.75) is 25.9 Å². The molecule has 1 aliphatic rings. The van der Waals surface area contributed by atoms with Crippen LogP contribution >= 0.6 is 11.6 Å². The molecular weight excluding hydrogens is 276 g/mol. The molecule has 0 amide bonds. The van der Waals surface area contributed by atoms with Crippen molar-refractivity contribution < 1.29 is 14.1 Å². The normalized spacial score (nSPS) is 13.3. The predicted octanol–water partition coefficient (Wildman–Crippen LogP) is 2.22. The molecule has 5 heteroatoms. The number of carbonyl (C=O) groups is 1. The Kier molecular flexibility index (Phi) is 3.49. The minimum Gasteiger partial charge on any atom is -0.466 e. The van der Waals surface area contributed by atoms with Gasteiger partial charge < -0.3 is 4.74 Å². The van der Waals surface area contributed by atoms with E-state index in [1.54, 1.807) is 0 Å². The van der Waals surface area contributed by atoms with Crippen LogP contribution in [0.5, 0.6) is 0 Å². The molecule has 1 aromatic heterocycles. The highest BCUT2D eigenvalue weighted by molar-refractivity contribution is 6.30. The fraction of sp³-hybridized carbons (Fsp3) is 0.333. The lowest BCUT2D eigenvalue weighted by atomic mass is 10.2. The Bertz CT molecular complexity index is 647. The first kappa shape index (κ1) is 13.2. The van der Waals surface area contributed by atoms with Crippen LogP contribution in [0.3, 0.4) is 0 Å². The summed E-state index contributed by atoms with van der Waals surface area (Å²) in [4.78, 5) is 11.5. The number of methoxy groups -OCH3 is 1. The van der Waals surface area contributed by atoms with Gasteiger partial charge >= 0.3 is 5.97 Å². The van der Waals surface area contributed by atoms with E-state index < -0.39 is 0 Å². The molecule has 0 saturated heterocycles. The fourth-order valence-electron chi connectivity index (χ4n) is 2.70. The molecule has 20 heavy (non-hydrogen) atoms. The van der Waals surface area contributed by atoms with Gasteiger partial charge in [-0.05, 0) is 30.7 Å². The van der Waals surface area contributed by atoms with Crippen molar-refractivity contribution in [3.05, 3.63) is 41.3 Å². The van der Waals surface area contributed by atoms with Gasteiger partial charge in [0, 0.05) is 10.6 Å². The molecule has 1 aliphatic heterocycles. The zero-order valence-corrected chi connectivity index (χ0v) is 12.1. The molecular formula is C15H16ClN2O2+. The molecule has 2 heterocycles.